The molecule has 3 aromatic rings. The van der Waals surface area contributed by atoms with Crippen LogP contribution in [0.25, 0.3) is 22.4 Å². The molecule has 2 heterocycles. The van der Waals surface area contributed by atoms with Crippen LogP contribution in [0.4, 0.5) is 5.82 Å². The summed E-state index contributed by atoms with van der Waals surface area (Å²) >= 11 is 0. The van der Waals surface area contributed by atoms with E-state index >= 15 is 0 Å². The van der Waals surface area contributed by atoms with Gasteiger partial charge in [-0.3, -0.25) is 0 Å². The number of aryl methyl sites for hydroxylation is 1. The molecule has 0 saturated heterocycles. The molecule has 0 aliphatic rings. The fourth-order valence-electron chi connectivity index (χ4n) is 2.55. The maximum atomic E-state index is 5.65. The van der Waals surface area contributed by atoms with Crippen LogP contribution in [-0.4, -0.2) is 26.4 Å². The van der Waals surface area contributed by atoms with Gasteiger partial charge in [-0.1, -0.05) is 45.0 Å². The second-order valence-corrected chi connectivity index (χ2v) is 5.46. The van der Waals surface area contributed by atoms with Gasteiger partial charge in [0.1, 0.15) is 0 Å². The highest BCUT2D eigenvalue weighted by Gasteiger charge is 2.16. The Balaban J connectivity index is 2.08. The summed E-state index contributed by atoms with van der Waals surface area (Å²) in [4.78, 5) is 0. The summed E-state index contributed by atoms with van der Waals surface area (Å²) in [6, 6.07) is 8.40. The van der Waals surface area contributed by atoms with Crippen LogP contribution in [0, 0.1) is 0 Å². The van der Waals surface area contributed by atoms with Crippen molar-refractivity contribution < 1.29 is 4.42 Å². The predicted octanol–water partition coefficient (Wildman–Crippen LogP) is 3.84. The van der Waals surface area contributed by atoms with Crippen molar-refractivity contribution in [2.45, 2.75) is 46.1 Å². The molecule has 6 nitrogen and oxygen atoms in total. The molecule has 3 rings (SSSR count). The summed E-state index contributed by atoms with van der Waals surface area (Å²) in [5.74, 6) is 1.82. The summed E-state index contributed by atoms with van der Waals surface area (Å²) in [7, 11) is 0. The van der Waals surface area contributed by atoms with Gasteiger partial charge in [0.25, 0.3) is 5.89 Å². The van der Waals surface area contributed by atoms with Gasteiger partial charge in [-0.05, 0) is 12.8 Å². The van der Waals surface area contributed by atoms with E-state index in [9.17, 15) is 0 Å². The number of fused-ring (bicyclic) bond motifs is 1. The van der Waals surface area contributed by atoms with Gasteiger partial charge in [0, 0.05) is 23.2 Å². The lowest BCUT2D eigenvalue weighted by Crippen LogP contribution is -2.18. The van der Waals surface area contributed by atoms with Crippen LogP contribution in [0.15, 0.2) is 28.7 Å². The SMILES string of the molecule is CCc1nnc(-c2nnc(NC(CC)CC)c3ccccc23)o1. The van der Waals surface area contributed by atoms with Crippen LogP contribution in [0.1, 0.15) is 39.5 Å². The molecule has 1 aromatic carbocycles. The van der Waals surface area contributed by atoms with E-state index in [1.165, 1.54) is 0 Å². The highest BCUT2D eigenvalue weighted by atomic mass is 16.4. The third kappa shape index (κ3) is 3.02. The van der Waals surface area contributed by atoms with Gasteiger partial charge in [-0.15, -0.1) is 20.4 Å². The van der Waals surface area contributed by atoms with E-state index in [-0.39, 0.29) is 0 Å². The lowest BCUT2D eigenvalue weighted by atomic mass is 10.1. The molecule has 0 aliphatic carbocycles. The Morgan fingerprint density at radius 3 is 2.35 bits per heavy atom. The van der Waals surface area contributed by atoms with E-state index in [4.69, 9.17) is 4.42 Å². The first-order valence-electron chi connectivity index (χ1n) is 8.11. The molecule has 0 unspecified atom stereocenters. The van der Waals surface area contributed by atoms with Crippen molar-refractivity contribution in [1.82, 2.24) is 20.4 Å². The third-order valence-corrected chi connectivity index (χ3v) is 3.99. The van der Waals surface area contributed by atoms with Gasteiger partial charge in [0.2, 0.25) is 5.89 Å². The lowest BCUT2D eigenvalue weighted by molar-refractivity contribution is 0.511. The quantitative estimate of drug-likeness (QED) is 0.745. The maximum Gasteiger partial charge on any atom is 0.268 e. The molecular weight excluding hydrogens is 290 g/mol. The van der Waals surface area contributed by atoms with Crippen LogP contribution in [0.5, 0.6) is 0 Å². The number of hydrogen-bond donors (Lipinski definition) is 1. The number of nitrogens with zero attached hydrogens (tertiary/aromatic N) is 4. The first-order valence-corrected chi connectivity index (χ1v) is 8.11. The van der Waals surface area contributed by atoms with Gasteiger partial charge in [0.05, 0.1) is 0 Å². The summed E-state index contributed by atoms with van der Waals surface area (Å²) in [6.07, 6.45) is 2.78. The normalized spacial score (nSPS) is 11.3. The molecule has 0 atom stereocenters. The molecule has 0 saturated carbocycles. The number of rotatable bonds is 6. The van der Waals surface area contributed by atoms with E-state index < -0.39 is 0 Å². The van der Waals surface area contributed by atoms with Gasteiger partial charge < -0.3 is 9.73 Å². The number of nitrogens with one attached hydrogen (secondary N) is 1. The fraction of sp³-hybridized carbons (Fsp3) is 0.412. The summed E-state index contributed by atoms with van der Waals surface area (Å²) in [5.41, 5.74) is 0.628. The highest BCUT2D eigenvalue weighted by Crippen LogP contribution is 2.29. The van der Waals surface area contributed by atoms with Crippen molar-refractivity contribution in [1.29, 1.82) is 0 Å². The molecule has 0 spiro atoms. The van der Waals surface area contributed by atoms with E-state index in [2.05, 4.69) is 39.6 Å². The summed E-state index contributed by atoms with van der Waals surface area (Å²) in [6.45, 7) is 6.30. The second kappa shape index (κ2) is 6.73. The van der Waals surface area contributed by atoms with Crippen LogP contribution in [0.2, 0.25) is 0 Å². The van der Waals surface area contributed by atoms with Crippen molar-refractivity contribution in [2.75, 3.05) is 5.32 Å². The molecule has 0 amide bonds. The molecular formula is C17H21N5O. The van der Waals surface area contributed by atoms with Gasteiger partial charge in [-0.2, -0.15) is 0 Å². The number of anilines is 1. The fourth-order valence-corrected chi connectivity index (χ4v) is 2.55. The van der Waals surface area contributed by atoms with Crippen LogP contribution >= 0.6 is 0 Å². The van der Waals surface area contributed by atoms with Crippen molar-refractivity contribution in [3.05, 3.63) is 30.2 Å². The average Bonchev–Trinajstić information content (AvgIpc) is 3.08. The number of aromatic nitrogens is 4. The molecule has 23 heavy (non-hydrogen) atoms. The zero-order chi connectivity index (χ0) is 16.2. The van der Waals surface area contributed by atoms with E-state index in [0.717, 1.165) is 29.4 Å². The van der Waals surface area contributed by atoms with Crippen molar-refractivity contribution in [3.8, 4) is 11.6 Å². The molecule has 0 radical (unpaired) electrons. The minimum atomic E-state index is 0.383. The van der Waals surface area contributed by atoms with E-state index in [1.807, 2.05) is 31.2 Å². The molecule has 6 heteroatoms. The second-order valence-electron chi connectivity index (χ2n) is 5.46. The third-order valence-electron chi connectivity index (χ3n) is 3.99. The Labute approximate surface area is 135 Å². The highest BCUT2D eigenvalue weighted by molar-refractivity contribution is 5.98. The average molecular weight is 311 g/mol. The van der Waals surface area contributed by atoms with Gasteiger partial charge in [-0.25, -0.2) is 0 Å². The largest absolute Gasteiger partial charge is 0.419 e. The Morgan fingerprint density at radius 1 is 0.957 bits per heavy atom. The summed E-state index contributed by atoms with van der Waals surface area (Å²) in [5, 5.41) is 22.3. The molecule has 0 bridgehead atoms. The van der Waals surface area contributed by atoms with Crippen molar-refractivity contribution in [2.24, 2.45) is 0 Å². The molecule has 2 aromatic heterocycles. The zero-order valence-corrected chi connectivity index (χ0v) is 13.7. The van der Waals surface area contributed by atoms with E-state index in [0.29, 0.717) is 29.9 Å². The van der Waals surface area contributed by atoms with Crippen LogP contribution in [-0.2, 0) is 6.42 Å². The van der Waals surface area contributed by atoms with Gasteiger partial charge in [0.15, 0.2) is 11.5 Å². The summed E-state index contributed by atoms with van der Waals surface area (Å²) < 4.78 is 5.65. The molecule has 120 valence electrons. The molecule has 1 N–H and O–H groups in total. The zero-order valence-electron chi connectivity index (χ0n) is 13.7. The Morgan fingerprint density at radius 2 is 1.70 bits per heavy atom. The van der Waals surface area contributed by atoms with Crippen molar-refractivity contribution >= 4 is 16.6 Å². The first-order chi connectivity index (χ1) is 11.3. The van der Waals surface area contributed by atoms with Crippen LogP contribution < -0.4 is 5.32 Å². The maximum absolute atomic E-state index is 5.65. The molecule has 0 aliphatic heterocycles. The number of hydrogen-bond acceptors (Lipinski definition) is 6. The Hall–Kier alpha value is -2.50. The minimum absolute atomic E-state index is 0.383. The predicted molar refractivity (Wildman–Crippen MR) is 90.2 cm³/mol. The van der Waals surface area contributed by atoms with Crippen molar-refractivity contribution in [3.63, 3.8) is 0 Å². The first kappa shape index (κ1) is 15.4. The number of benzene rings is 1. The molecule has 0 fully saturated rings. The lowest BCUT2D eigenvalue weighted by Gasteiger charge is -2.16. The van der Waals surface area contributed by atoms with Crippen LogP contribution in [0.3, 0.4) is 0 Å². The monoisotopic (exact) mass is 311 g/mol. The Kier molecular flexibility index (Phi) is 4.50. The Bertz CT molecular complexity index is 795. The van der Waals surface area contributed by atoms with Gasteiger partial charge >= 0.3 is 0 Å². The topological polar surface area (TPSA) is 76.7 Å². The minimum Gasteiger partial charge on any atom is -0.419 e. The smallest absolute Gasteiger partial charge is 0.268 e. The van der Waals surface area contributed by atoms with E-state index in [1.54, 1.807) is 0 Å². The standard InChI is InChI=1S/C17H21N5O/c1-4-11(5-2)18-16-13-10-8-7-9-12(13)15(20-21-16)17-22-19-14(6-3)23-17/h7-11H,4-6H2,1-3H3,(H,18,21).